The number of amides is 1. The van der Waals surface area contributed by atoms with Crippen LogP contribution in [0.3, 0.4) is 0 Å². The van der Waals surface area contributed by atoms with Gasteiger partial charge in [-0.2, -0.15) is 5.10 Å². The van der Waals surface area contributed by atoms with Crippen LogP contribution in [0.5, 0.6) is 5.75 Å². The maximum Gasteiger partial charge on any atom is 0.272 e. The summed E-state index contributed by atoms with van der Waals surface area (Å²) in [6.07, 6.45) is 4.53. The van der Waals surface area contributed by atoms with Gasteiger partial charge in [0.2, 0.25) is 5.43 Å². The van der Waals surface area contributed by atoms with Crippen LogP contribution in [0, 0.1) is 0 Å². The van der Waals surface area contributed by atoms with Crippen LogP contribution < -0.4 is 15.5 Å². The Labute approximate surface area is 148 Å². The molecule has 0 bridgehead atoms. The number of aromatic amines is 1. The molecule has 0 radical (unpaired) electrons. The summed E-state index contributed by atoms with van der Waals surface area (Å²) >= 11 is 5.91. The highest BCUT2D eigenvalue weighted by molar-refractivity contribution is 6.30. The Morgan fingerprint density at radius 1 is 1.40 bits per heavy atom. The molecule has 0 spiro atoms. The largest absolute Gasteiger partial charge is 0.483 e. The van der Waals surface area contributed by atoms with Crippen molar-refractivity contribution in [2.24, 2.45) is 7.05 Å². The van der Waals surface area contributed by atoms with E-state index in [1.165, 1.54) is 18.5 Å². The molecule has 8 heteroatoms. The molecule has 0 unspecified atom stereocenters. The number of benzene rings is 1. The minimum Gasteiger partial charge on any atom is -0.483 e. The van der Waals surface area contributed by atoms with Crippen molar-refractivity contribution in [3.63, 3.8) is 0 Å². The van der Waals surface area contributed by atoms with E-state index in [0.29, 0.717) is 10.7 Å². The topological polar surface area (TPSA) is 89.0 Å². The van der Waals surface area contributed by atoms with Crippen LogP contribution in [-0.2, 0) is 13.7 Å². The van der Waals surface area contributed by atoms with Crippen molar-refractivity contribution in [2.45, 2.75) is 6.61 Å². The molecule has 3 rings (SSSR count). The van der Waals surface area contributed by atoms with E-state index >= 15 is 0 Å². The van der Waals surface area contributed by atoms with E-state index in [2.05, 4.69) is 15.4 Å². The van der Waals surface area contributed by atoms with Crippen LogP contribution in [-0.4, -0.2) is 20.7 Å². The van der Waals surface area contributed by atoms with Crippen molar-refractivity contribution < 1.29 is 9.53 Å². The van der Waals surface area contributed by atoms with E-state index < -0.39 is 11.3 Å². The number of pyridine rings is 1. The molecule has 2 aromatic heterocycles. The van der Waals surface area contributed by atoms with Crippen LogP contribution >= 0.6 is 11.6 Å². The average molecular weight is 359 g/mol. The number of ether oxygens (including phenoxy) is 1. The van der Waals surface area contributed by atoms with Gasteiger partial charge in [0.25, 0.3) is 5.91 Å². The van der Waals surface area contributed by atoms with Crippen LogP contribution in [0.15, 0.2) is 53.7 Å². The van der Waals surface area contributed by atoms with Crippen LogP contribution in [0.1, 0.15) is 16.1 Å². The minimum absolute atomic E-state index is 0.123. The first-order valence-corrected chi connectivity index (χ1v) is 7.79. The molecule has 25 heavy (non-hydrogen) atoms. The Bertz CT molecular complexity index is 964. The molecule has 2 N–H and O–H groups in total. The molecule has 2 heterocycles. The van der Waals surface area contributed by atoms with Crippen molar-refractivity contribution in [1.29, 1.82) is 0 Å². The number of hydrogen-bond acceptors (Lipinski definition) is 4. The fourth-order valence-electron chi connectivity index (χ4n) is 2.17. The SMILES string of the molecule is Cn1cc(NC(=O)c2cc(=O)c(OCc3cccc(Cl)c3)c[nH]2)cn1. The van der Waals surface area contributed by atoms with Crippen molar-refractivity contribution in [2.75, 3.05) is 5.32 Å². The monoisotopic (exact) mass is 358 g/mol. The summed E-state index contributed by atoms with van der Waals surface area (Å²) in [6, 6.07) is 8.35. The summed E-state index contributed by atoms with van der Waals surface area (Å²) in [5.74, 6) is -0.315. The summed E-state index contributed by atoms with van der Waals surface area (Å²) in [5.41, 5.74) is 1.11. The Morgan fingerprint density at radius 3 is 2.92 bits per heavy atom. The third-order valence-electron chi connectivity index (χ3n) is 3.37. The summed E-state index contributed by atoms with van der Waals surface area (Å²) in [4.78, 5) is 27.0. The van der Waals surface area contributed by atoms with Gasteiger partial charge in [-0.1, -0.05) is 23.7 Å². The minimum atomic E-state index is -0.438. The van der Waals surface area contributed by atoms with Crippen molar-refractivity contribution in [3.05, 3.63) is 75.4 Å². The lowest BCUT2D eigenvalue weighted by Crippen LogP contribution is -2.17. The van der Waals surface area contributed by atoms with Crippen molar-refractivity contribution >= 4 is 23.2 Å². The molecular weight excluding hydrogens is 344 g/mol. The Morgan fingerprint density at radius 2 is 2.24 bits per heavy atom. The number of nitrogens with one attached hydrogen (secondary N) is 2. The number of hydrogen-bond donors (Lipinski definition) is 2. The van der Waals surface area contributed by atoms with E-state index in [0.717, 1.165) is 5.56 Å². The predicted octanol–water partition coefficient (Wildman–Crippen LogP) is 2.59. The molecule has 0 aliphatic rings. The van der Waals surface area contributed by atoms with E-state index in [1.807, 2.05) is 6.07 Å². The molecule has 128 valence electrons. The summed E-state index contributed by atoms with van der Waals surface area (Å²) in [7, 11) is 1.74. The van der Waals surface area contributed by atoms with E-state index in [4.69, 9.17) is 16.3 Å². The maximum absolute atomic E-state index is 12.1. The normalized spacial score (nSPS) is 10.5. The number of aromatic nitrogens is 3. The fourth-order valence-corrected chi connectivity index (χ4v) is 2.39. The predicted molar refractivity (Wildman–Crippen MR) is 94.0 cm³/mol. The van der Waals surface area contributed by atoms with Gasteiger partial charge >= 0.3 is 0 Å². The highest BCUT2D eigenvalue weighted by Gasteiger charge is 2.11. The Balaban J connectivity index is 1.68. The number of carbonyl (C=O) groups is 1. The molecule has 7 nitrogen and oxygen atoms in total. The zero-order valence-corrected chi connectivity index (χ0v) is 14.1. The number of rotatable bonds is 5. The van der Waals surface area contributed by atoms with Gasteiger partial charge in [0.1, 0.15) is 12.3 Å². The van der Waals surface area contributed by atoms with E-state index in [9.17, 15) is 9.59 Å². The smallest absolute Gasteiger partial charge is 0.272 e. The Hall–Kier alpha value is -3.06. The first-order chi connectivity index (χ1) is 12.0. The lowest BCUT2D eigenvalue weighted by molar-refractivity contribution is 0.102. The second-order valence-electron chi connectivity index (χ2n) is 5.35. The van der Waals surface area contributed by atoms with Gasteiger partial charge in [0, 0.05) is 30.5 Å². The number of halogens is 1. The second kappa shape index (κ2) is 7.23. The first-order valence-electron chi connectivity index (χ1n) is 7.41. The van der Waals surface area contributed by atoms with Crippen molar-refractivity contribution in [1.82, 2.24) is 14.8 Å². The van der Waals surface area contributed by atoms with E-state index in [1.54, 1.807) is 36.1 Å². The summed E-state index contributed by atoms with van der Waals surface area (Å²) in [6.45, 7) is 0.199. The number of anilines is 1. The molecule has 0 aliphatic carbocycles. The summed E-state index contributed by atoms with van der Waals surface area (Å²) < 4.78 is 7.05. The first kappa shape index (κ1) is 16.8. The van der Waals surface area contributed by atoms with Gasteiger partial charge in [-0.3, -0.25) is 14.3 Å². The highest BCUT2D eigenvalue weighted by atomic mass is 35.5. The van der Waals surface area contributed by atoms with Gasteiger partial charge in [0.05, 0.1) is 11.9 Å². The molecular formula is C17H15ClN4O3. The standard InChI is InChI=1S/C17H15ClN4O3/c1-22-9-13(7-20-22)21-17(24)14-6-15(23)16(8-19-14)25-10-11-3-2-4-12(18)5-11/h2-9H,10H2,1H3,(H,19,23)(H,21,24). The number of carbonyl (C=O) groups excluding carboxylic acids is 1. The van der Waals surface area contributed by atoms with Gasteiger partial charge in [-0.25, -0.2) is 0 Å². The molecule has 0 atom stereocenters. The second-order valence-corrected chi connectivity index (χ2v) is 5.79. The number of nitrogens with zero attached hydrogens (tertiary/aromatic N) is 2. The zero-order valence-electron chi connectivity index (χ0n) is 13.3. The lowest BCUT2D eigenvalue weighted by Gasteiger charge is -2.07. The van der Waals surface area contributed by atoms with Crippen LogP contribution in [0.4, 0.5) is 5.69 Å². The molecule has 3 aromatic rings. The van der Waals surface area contributed by atoms with Gasteiger partial charge < -0.3 is 15.0 Å². The van der Waals surface area contributed by atoms with Gasteiger partial charge in [0.15, 0.2) is 5.75 Å². The number of aryl methyl sites for hydroxylation is 1. The van der Waals surface area contributed by atoms with Crippen LogP contribution in [0.2, 0.25) is 5.02 Å². The lowest BCUT2D eigenvalue weighted by atomic mass is 10.2. The summed E-state index contributed by atoms with van der Waals surface area (Å²) in [5, 5.41) is 7.19. The third kappa shape index (κ3) is 4.27. The number of H-pyrrole nitrogens is 1. The molecule has 0 saturated carbocycles. The average Bonchev–Trinajstić information content (AvgIpc) is 2.98. The van der Waals surface area contributed by atoms with Gasteiger partial charge in [-0.15, -0.1) is 0 Å². The Kier molecular flexibility index (Phi) is 4.85. The molecule has 1 amide bonds. The third-order valence-corrected chi connectivity index (χ3v) is 3.60. The molecule has 1 aromatic carbocycles. The van der Waals surface area contributed by atoms with Crippen molar-refractivity contribution in [3.8, 4) is 5.75 Å². The maximum atomic E-state index is 12.1. The zero-order chi connectivity index (χ0) is 17.8. The van der Waals surface area contributed by atoms with E-state index in [-0.39, 0.29) is 18.1 Å². The quantitative estimate of drug-likeness (QED) is 0.733. The molecule has 0 aliphatic heterocycles. The highest BCUT2D eigenvalue weighted by Crippen LogP contribution is 2.13. The van der Waals surface area contributed by atoms with Crippen LogP contribution in [0.25, 0.3) is 0 Å². The van der Waals surface area contributed by atoms with Gasteiger partial charge in [-0.05, 0) is 17.7 Å². The molecule has 0 fully saturated rings. The molecule has 0 saturated heterocycles. The fraction of sp³-hybridized carbons (Fsp3) is 0.118.